The lowest BCUT2D eigenvalue weighted by Gasteiger charge is -2.16. The topological polar surface area (TPSA) is 78.9 Å². The van der Waals surface area contributed by atoms with Gasteiger partial charge in [0.05, 0.1) is 27.2 Å². The van der Waals surface area contributed by atoms with E-state index in [0.717, 1.165) is 0 Å². The number of nitrogens with two attached hydrogens (primary N) is 1. The third-order valence-corrected chi connectivity index (χ3v) is 2.96. The maximum absolute atomic E-state index is 11.8. The number of carbonyl (C=O) groups is 1. The fourth-order valence-electron chi connectivity index (χ4n) is 1.16. The molecule has 0 saturated carbocycles. The molecule has 4 nitrogen and oxygen atoms in total. The summed E-state index contributed by atoms with van der Waals surface area (Å²) >= 11 is 11.7. The lowest BCUT2D eigenvalue weighted by molar-refractivity contribution is 0.0944. The highest BCUT2D eigenvalue weighted by atomic mass is 35.5. The largest absolute Gasteiger partial charge is 0.396 e. The van der Waals surface area contributed by atoms with Gasteiger partial charge < -0.3 is 11.1 Å². The summed E-state index contributed by atoms with van der Waals surface area (Å²) in [5.74, 6) is -0.345. The van der Waals surface area contributed by atoms with E-state index in [2.05, 4.69) is 11.4 Å². The predicted molar refractivity (Wildman–Crippen MR) is 72.6 cm³/mol. The third kappa shape index (κ3) is 3.52. The number of nitrogens with one attached hydrogen (secondary N) is 1. The van der Waals surface area contributed by atoms with E-state index < -0.39 is 5.41 Å². The van der Waals surface area contributed by atoms with Crippen molar-refractivity contribution in [3.8, 4) is 6.07 Å². The lowest BCUT2D eigenvalue weighted by Crippen LogP contribution is -2.33. The van der Waals surface area contributed by atoms with Crippen LogP contribution in [0.15, 0.2) is 12.1 Å². The molecular formula is C12H13Cl2N3O. The quantitative estimate of drug-likeness (QED) is 0.838. The maximum atomic E-state index is 11.8. The molecule has 0 atom stereocenters. The molecule has 1 aromatic rings. The van der Waals surface area contributed by atoms with Crippen molar-refractivity contribution in [1.82, 2.24) is 5.32 Å². The Balaban J connectivity index is 2.84. The monoisotopic (exact) mass is 285 g/mol. The Morgan fingerprint density at radius 1 is 1.44 bits per heavy atom. The summed E-state index contributed by atoms with van der Waals surface area (Å²) in [5, 5.41) is 11.9. The van der Waals surface area contributed by atoms with E-state index in [1.807, 2.05) is 0 Å². The maximum Gasteiger partial charge on any atom is 0.251 e. The van der Waals surface area contributed by atoms with E-state index in [1.54, 1.807) is 13.8 Å². The molecule has 0 fully saturated rings. The second kappa shape index (κ2) is 5.47. The molecule has 0 unspecified atom stereocenters. The Labute approximate surface area is 116 Å². The average molecular weight is 286 g/mol. The molecule has 0 bridgehead atoms. The minimum atomic E-state index is -0.628. The molecule has 0 aliphatic rings. The van der Waals surface area contributed by atoms with Crippen LogP contribution in [0.3, 0.4) is 0 Å². The molecule has 0 aliphatic carbocycles. The summed E-state index contributed by atoms with van der Waals surface area (Å²) in [4.78, 5) is 11.8. The normalized spacial score (nSPS) is 10.8. The van der Waals surface area contributed by atoms with Crippen molar-refractivity contribution in [2.24, 2.45) is 5.41 Å². The molecule has 1 aromatic carbocycles. The number of amides is 1. The molecule has 1 amide bonds. The molecule has 6 heteroatoms. The number of hydrogen-bond acceptors (Lipinski definition) is 3. The van der Waals surface area contributed by atoms with Crippen LogP contribution >= 0.6 is 23.2 Å². The van der Waals surface area contributed by atoms with Gasteiger partial charge in [-0.05, 0) is 26.0 Å². The van der Waals surface area contributed by atoms with E-state index in [0.29, 0.717) is 5.56 Å². The van der Waals surface area contributed by atoms with Crippen LogP contribution in [0.2, 0.25) is 10.0 Å². The molecule has 0 aromatic heterocycles. The van der Waals surface area contributed by atoms with Gasteiger partial charge in [-0.2, -0.15) is 5.26 Å². The van der Waals surface area contributed by atoms with Gasteiger partial charge in [-0.3, -0.25) is 4.79 Å². The number of carbonyl (C=O) groups excluding carboxylic acids is 1. The summed E-state index contributed by atoms with van der Waals surface area (Å²) in [7, 11) is 0. The van der Waals surface area contributed by atoms with Crippen molar-refractivity contribution in [2.45, 2.75) is 13.8 Å². The Bertz CT molecular complexity index is 498. The Morgan fingerprint density at radius 3 is 2.39 bits per heavy atom. The van der Waals surface area contributed by atoms with E-state index in [-0.39, 0.29) is 28.2 Å². The van der Waals surface area contributed by atoms with E-state index in [4.69, 9.17) is 34.2 Å². The molecule has 3 N–H and O–H groups in total. The van der Waals surface area contributed by atoms with Crippen LogP contribution in [0.5, 0.6) is 0 Å². The van der Waals surface area contributed by atoms with Gasteiger partial charge >= 0.3 is 0 Å². The number of hydrogen-bond donors (Lipinski definition) is 2. The number of rotatable bonds is 3. The summed E-state index contributed by atoms with van der Waals surface area (Å²) in [6.07, 6.45) is 0. The van der Waals surface area contributed by atoms with Crippen molar-refractivity contribution >= 4 is 34.8 Å². The third-order valence-electron chi connectivity index (χ3n) is 2.33. The van der Waals surface area contributed by atoms with Gasteiger partial charge in [-0.25, -0.2) is 0 Å². The molecule has 0 radical (unpaired) electrons. The van der Waals surface area contributed by atoms with Crippen LogP contribution in [0.25, 0.3) is 0 Å². The summed E-state index contributed by atoms with van der Waals surface area (Å²) in [6.45, 7) is 3.70. The second-order valence-electron chi connectivity index (χ2n) is 4.53. The van der Waals surface area contributed by atoms with Crippen LogP contribution in [-0.2, 0) is 0 Å². The molecule has 0 saturated heterocycles. The van der Waals surface area contributed by atoms with Crippen LogP contribution in [0.1, 0.15) is 24.2 Å². The zero-order valence-corrected chi connectivity index (χ0v) is 11.6. The first kappa shape index (κ1) is 14.6. The van der Waals surface area contributed by atoms with Gasteiger partial charge in [0, 0.05) is 12.1 Å². The molecule has 0 aliphatic heterocycles. The zero-order valence-electron chi connectivity index (χ0n) is 10.1. The van der Waals surface area contributed by atoms with Crippen molar-refractivity contribution in [2.75, 3.05) is 12.3 Å². The van der Waals surface area contributed by atoms with Crippen LogP contribution < -0.4 is 11.1 Å². The van der Waals surface area contributed by atoms with E-state index >= 15 is 0 Å². The average Bonchev–Trinajstić information content (AvgIpc) is 2.32. The predicted octanol–water partition coefficient (Wildman–Crippen LogP) is 2.86. The number of nitrogens with zero attached hydrogens (tertiary/aromatic N) is 1. The smallest absolute Gasteiger partial charge is 0.251 e. The number of benzene rings is 1. The number of halogens is 2. The molecule has 96 valence electrons. The first-order valence-electron chi connectivity index (χ1n) is 5.21. The fourth-order valence-corrected chi connectivity index (χ4v) is 1.65. The molecule has 0 spiro atoms. The summed E-state index contributed by atoms with van der Waals surface area (Å²) in [6, 6.07) is 4.98. The van der Waals surface area contributed by atoms with Crippen molar-refractivity contribution < 1.29 is 4.79 Å². The summed E-state index contributed by atoms with van der Waals surface area (Å²) in [5.41, 5.74) is 5.50. The highest BCUT2D eigenvalue weighted by Crippen LogP contribution is 2.28. The second-order valence-corrected chi connectivity index (χ2v) is 5.35. The fraction of sp³-hybridized carbons (Fsp3) is 0.333. The van der Waals surface area contributed by atoms with Crippen molar-refractivity contribution in [3.63, 3.8) is 0 Å². The first-order valence-corrected chi connectivity index (χ1v) is 5.96. The van der Waals surface area contributed by atoms with Crippen LogP contribution in [0, 0.1) is 16.7 Å². The highest BCUT2D eigenvalue weighted by Gasteiger charge is 2.19. The van der Waals surface area contributed by atoms with Gasteiger partial charge in [0.25, 0.3) is 5.91 Å². The minimum absolute atomic E-state index is 0.229. The Morgan fingerprint density at radius 2 is 1.94 bits per heavy atom. The van der Waals surface area contributed by atoms with Crippen LogP contribution in [0.4, 0.5) is 5.69 Å². The number of anilines is 1. The Hall–Kier alpha value is -1.44. The zero-order chi connectivity index (χ0) is 13.9. The molecule has 18 heavy (non-hydrogen) atoms. The Kier molecular flexibility index (Phi) is 4.44. The van der Waals surface area contributed by atoms with Crippen LogP contribution in [-0.4, -0.2) is 12.5 Å². The van der Waals surface area contributed by atoms with Gasteiger partial charge in [0.15, 0.2) is 0 Å². The van der Waals surface area contributed by atoms with Gasteiger partial charge in [-0.15, -0.1) is 0 Å². The standard InChI is InChI=1S/C12H13Cl2N3O/c1-12(2,5-15)6-17-11(18)7-3-8(13)10(16)9(14)4-7/h3-4H,6,16H2,1-2H3,(H,17,18). The van der Waals surface area contributed by atoms with Gasteiger partial charge in [-0.1, -0.05) is 23.2 Å². The molecule has 0 heterocycles. The van der Waals surface area contributed by atoms with Crippen molar-refractivity contribution in [3.05, 3.63) is 27.7 Å². The highest BCUT2D eigenvalue weighted by molar-refractivity contribution is 6.39. The van der Waals surface area contributed by atoms with Gasteiger partial charge in [0.2, 0.25) is 0 Å². The number of nitriles is 1. The van der Waals surface area contributed by atoms with E-state index in [9.17, 15) is 4.79 Å². The number of nitrogen functional groups attached to an aromatic ring is 1. The minimum Gasteiger partial charge on any atom is -0.396 e. The molecule has 1 rings (SSSR count). The van der Waals surface area contributed by atoms with Crippen molar-refractivity contribution in [1.29, 1.82) is 5.26 Å². The summed E-state index contributed by atoms with van der Waals surface area (Å²) < 4.78 is 0. The van der Waals surface area contributed by atoms with Gasteiger partial charge in [0.1, 0.15) is 0 Å². The SMILES string of the molecule is CC(C)(C#N)CNC(=O)c1cc(Cl)c(N)c(Cl)c1. The molecular weight excluding hydrogens is 273 g/mol. The first-order chi connectivity index (χ1) is 8.26. The lowest BCUT2D eigenvalue weighted by atomic mass is 9.96. The van der Waals surface area contributed by atoms with E-state index in [1.165, 1.54) is 12.1 Å².